The van der Waals surface area contributed by atoms with Crippen molar-refractivity contribution in [3.8, 4) is 0 Å². The fourth-order valence-electron chi connectivity index (χ4n) is 2.93. The van der Waals surface area contributed by atoms with Crippen LogP contribution >= 0.6 is 0 Å². The second kappa shape index (κ2) is 7.53. The Morgan fingerprint density at radius 1 is 1.08 bits per heavy atom. The molecule has 1 aromatic carbocycles. The van der Waals surface area contributed by atoms with E-state index in [1.165, 1.54) is 6.07 Å². The van der Waals surface area contributed by atoms with Crippen molar-refractivity contribution in [1.82, 2.24) is 14.8 Å². The molecule has 1 aromatic heterocycles. The minimum absolute atomic E-state index is 0.0295. The van der Waals surface area contributed by atoms with Crippen molar-refractivity contribution in [2.24, 2.45) is 0 Å². The zero-order chi connectivity index (χ0) is 17.8. The van der Waals surface area contributed by atoms with Gasteiger partial charge in [0.05, 0.1) is 12.1 Å². The SMILES string of the molecule is Cc1ccc(F)c(C(=O)CN2CCN(C(=O)c3ccncc3)CC2)c1. The van der Waals surface area contributed by atoms with Crippen LogP contribution in [0.1, 0.15) is 26.3 Å². The molecule has 5 nitrogen and oxygen atoms in total. The van der Waals surface area contributed by atoms with Gasteiger partial charge in [-0.3, -0.25) is 19.5 Å². The quantitative estimate of drug-likeness (QED) is 0.800. The fraction of sp³-hybridized carbons (Fsp3) is 0.316. The minimum Gasteiger partial charge on any atom is -0.336 e. The van der Waals surface area contributed by atoms with Crippen LogP contribution in [0.15, 0.2) is 42.7 Å². The Balaban J connectivity index is 1.57. The summed E-state index contributed by atoms with van der Waals surface area (Å²) in [4.78, 5) is 32.4. The summed E-state index contributed by atoms with van der Waals surface area (Å²) in [6, 6.07) is 7.95. The Morgan fingerprint density at radius 3 is 2.44 bits per heavy atom. The van der Waals surface area contributed by atoms with E-state index in [0.29, 0.717) is 31.7 Å². The van der Waals surface area contributed by atoms with Gasteiger partial charge >= 0.3 is 0 Å². The number of ketones is 1. The molecule has 1 aliphatic rings. The zero-order valence-corrected chi connectivity index (χ0v) is 14.1. The van der Waals surface area contributed by atoms with E-state index < -0.39 is 5.82 Å². The molecule has 0 unspecified atom stereocenters. The summed E-state index contributed by atoms with van der Waals surface area (Å²) in [6.07, 6.45) is 3.19. The molecule has 0 N–H and O–H groups in total. The van der Waals surface area contributed by atoms with Crippen molar-refractivity contribution in [2.45, 2.75) is 6.92 Å². The molecule has 0 atom stereocenters. The molecular weight excluding hydrogens is 321 g/mol. The van der Waals surface area contributed by atoms with Gasteiger partial charge in [0.15, 0.2) is 5.78 Å². The molecule has 1 saturated heterocycles. The van der Waals surface area contributed by atoms with Crippen LogP contribution in [-0.4, -0.2) is 59.2 Å². The summed E-state index contributed by atoms with van der Waals surface area (Å²) in [7, 11) is 0. The number of aryl methyl sites for hydroxylation is 1. The summed E-state index contributed by atoms with van der Waals surface area (Å²) in [5.41, 5.74) is 1.61. The predicted octanol–water partition coefficient (Wildman–Crippen LogP) is 2.17. The van der Waals surface area contributed by atoms with Gasteiger partial charge in [-0.05, 0) is 31.2 Å². The molecular formula is C19H20FN3O2. The molecule has 0 spiro atoms. The van der Waals surface area contributed by atoms with Gasteiger partial charge < -0.3 is 4.90 Å². The lowest BCUT2D eigenvalue weighted by Gasteiger charge is -2.34. The van der Waals surface area contributed by atoms with Gasteiger partial charge in [-0.1, -0.05) is 11.6 Å². The molecule has 3 rings (SSSR count). The van der Waals surface area contributed by atoms with Crippen molar-refractivity contribution in [3.05, 3.63) is 65.2 Å². The third-order valence-electron chi connectivity index (χ3n) is 4.38. The van der Waals surface area contributed by atoms with E-state index in [2.05, 4.69) is 4.98 Å². The normalized spacial score (nSPS) is 15.2. The van der Waals surface area contributed by atoms with E-state index in [1.54, 1.807) is 41.6 Å². The van der Waals surface area contributed by atoms with Gasteiger partial charge in [-0.15, -0.1) is 0 Å². The Morgan fingerprint density at radius 2 is 1.76 bits per heavy atom. The summed E-state index contributed by atoms with van der Waals surface area (Å²) in [6.45, 7) is 4.28. The van der Waals surface area contributed by atoms with Crippen LogP contribution in [-0.2, 0) is 0 Å². The lowest BCUT2D eigenvalue weighted by atomic mass is 10.1. The first-order valence-corrected chi connectivity index (χ1v) is 8.25. The van der Waals surface area contributed by atoms with Gasteiger partial charge in [-0.25, -0.2) is 4.39 Å². The standard InChI is InChI=1S/C19H20FN3O2/c1-14-2-3-17(20)16(12-14)18(24)13-22-8-10-23(11-9-22)19(25)15-4-6-21-7-5-15/h2-7,12H,8-11,13H2,1H3. The van der Waals surface area contributed by atoms with Crippen molar-refractivity contribution < 1.29 is 14.0 Å². The topological polar surface area (TPSA) is 53.5 Å². The molecule has 25 heavy (non-hydrogen) atoms. The number of Topliss-reactive ketones (excluding diaryl/α,β-unsaturated/α-hetero) is 1. The maximum atomic E-state index is 13.8. The van der Waals surface area contributed by atoms with Crippen LogP contribution in [0.25, 0.3) is 0 Å². The Bertz CT molecular complexity index is 771. The average Bonchev–Trinajstić information content (AvgIpc) is 2.64. The van der Waals surface area contributed by atoms with E-state index in [9.17, 15) is 14.0 Å². The molecule has 0 aliphatic carbocycles. The highest BCUT2D eigenvalue weighted by atomic mass is 19.1. The molecule has 0 bridgehead atoms. The minimum atomic E-state index is -0.484. The fourth-order valence-corrected chi connectivity index (χ4v) is 2.93. The van der Waals surface area contributed by atoms with Crippen molar-refractivity contribution in [3.63, 3.8) is 0 Å². The first kappa shape index (κ1) is 17.2. The second-order valence-electron chi connectivity index (χ2n) is 6.21. The van der Waals surface area contributed by atoms with Crippen LogP contribution in [0.2, 0.25) is 0 Å². The maximum absolute atomic E-state index is 13.8. The largest absolute Gasteiger partial charge is 0.336 e. The van der Waals surface area contributed by atoms with E-state index in [1.807, 2.05) is 11.8 Å². The van der Waals surface area contributed by atoms with Gasteiger partial charge in [-0.2, -0.15) is 0 Å². The van der Waals surface area contributed by atoms with E-state index in [4.69, 9.17) is 0 Å². The molecule has 1 aliphatic heterocycles. The Kier molecular flexibility index (Phi) is 5.19. The van der Waals surface area contributed by atoms with Crippen LogP contribution in [0.3, 0.4) is 0 Å². The number of pyridine rings is 1. The number of hydrogen-bond donors (Lipinski definition) is 0. The third kappa shape index (κ3) is 4.09. The predicted molar refractivity (Wildman–Crippen MR) is 92.0 cm³/mol. The molecule has 6 heteroatoms. The number of carbonyl (C=O) groups excluding carboxylic acids is 2. The van der Waals surface area contributed by atoms with Gasteiger partial charge in [0.2, 0.25) is 0 Å². The Hall–Kier alpha value is -2.60. The maximum Gasteiger partial charge on any atom is 0.254 e. The van der Waals surface area contributed by atoms with Crippen LogP contribution in [0, 0.1) is 12.7 Å². The molecule has 2 aromatic rings. The van der Waals surface area contributed by atoms with Crippen LogP contribution < -0.4 is 0 Å². The van der Waals surface area contributed by atoms with Crippen molar-refractivity contribution in [2.75, 3.05) is 32.7 Å². The molecule has 1 fully saturated rings. The smallest absolute Gasteiger partial charge is 0.254 e. The van der Waals surface area contributed by atoms with Gasteiger partial charge in [0.25, 0.3) is 5.91 Å². The molecule has 130 valence electrons. The number of hydrogen-bond acceptors (Lipinski definition) is 4. The molecule has 2 heterocycles. The Labute approximate surface area is 146 Å². The van der Waals surface area contributed by atoms with Crippen LogP contribution in [0.5, 0.6) is 0 Å². The van der Waals surface area contributed by atoms with E-state index in [-0.39, 0.29) is 23.8 Å². The highest BCUT2D eigenvalue weighted by molar-refractivity contribution is 5.98. The highest BCUT2D eigenvalue weighted by Gasteiger charge is 2.24. The number of benzene rings is 1. The van der Waals surface area contributed by atoms with Crippen molar-refractivity contribution in [1.29, 1.82) is 0 Å². The first-order valence-electron chi connectivity index (χ1n) is 8.25. The second-order valence-corrected chi connectivity index (χ2v) is 6.21. The lowest BCUT2D eigenvalue weighted by molar-refractivity contribution is 0.0624. The number of carbonyl (C=O) groups is 2. The van der Waals surface area contributed by atoms with E-state index in [0.717, 1.165) is 5.56 Å². The molecule has 1 amide bonds. The highest BCUT2D eigenvalue weighted by Crippen LogP contribution is 2.13. The third-order valence-corrected chi connectivity index (χ3v) is 4.38. The first-order chi connectivity index (χ1) is 12.0. The van der Waals surface area contributed by atoms with Crippen LogP contribution in [0.4, 0.5) is 4.39 Å². The summed E-state index contributed by atoms with van der Waals surface area (Å²) >= 11 is 0. The average molecular weight is 341 g/mol. The number of halogens is 1. The number of amides is 1. The van der Waals surface area contributed by atoms with Gasteiger partial charge in [0, 0.05) is 44.1 Å². The van der Waals surface area contributed by atoms with E-state index >= 15 is 0 Å². The number of nitrogens with zero attached hydrogens (tertiary/aromatic N) is 3. The number of rotatable bonds is 4. The summed E-state index contributed by atoms with van der Waals surface area (Å²) in [5, 5.41) is 0. The van der Waals surface area contributed by atoms with Gasteiger partial charge in [0.1, 0.15) is 5.82 Å². The molecule has 0 radical (unpaired) electrons. The molecule has 0 saturated carbocycles. The monoisotopic (exact) mass is 341 g/mol. The lowest BCUT2D eigenvalue weighted by Crippen LogP contribution is -2.50. The summed E-state index contributed by atoms with van der Waals surface area (Å²) in [5.74, 6) is -0.740. The van der Waals surface area contributed by atoms with Crippen molar-refractivity contribution >= 4 is 11.7 Å². The number of aromatic nitrogens is 1. The number of piperazine rings is 1. The zero-order valence-electron chi connectivity index (χ0n) is 14.1. The summed E-state index contributed by atoms with van der Waals surface area (Å²) < 4.78 is 13.8.